The maximum atomic E-state index is 2.46. The van der Waals surface area contributed by atoms with Crippen LogP contribution in [0, 0.1) is 0 Å². The number of hydrogen-bond donors (Lipinski definition) is 0. The van der Waals surface area contributed by atoms with E-state index in [1.807, 2.05) is 0 Å². The number of fused-ring (bicyclic) bond motifs is 1. The van der Waals surface area contributed by atoms with E-state index in [-0.39, 0.29) is 5.41 Å². The van der Waals surface area contributed by atoms with E-state index in [0.717, 1.165) is 12.8 Å². The van der Waals surface area contributed by atoms with Crippen LogP contribution in [-0.4, -0.2) is 13.1 Å². The van der Waals surface area contributed by atoms with E-state index in [1.54, 1.807) is 0 Å². The van der Waals surface area contributed by atoms with Gasteiger partial charge in [0.05, 0.1) is 0 Å². The van der Waals surface area contributed by atoms with Gasteiger partial charge >= 0.3 is 0 Å². The van der Waals surface area contributed by atoms with E-state index in [2.05, 4.69) is 104 Å². The van der Waals surface area contributed by atoms with Crippen LogP contribution in [0.5, 0.6) is 0 Å². The molecule has 1 atom stereocenters. The Labute approximate surface area is 150 Å². The minimum Gasteiger partial charge on any atom is -0.371 e. The molecule has 1 heteroatoms. The molecule has 1 aliphatic heterocycles. The second-order valence-corrected chi connectivity index (χ2v) is 7.28. The van der Waals surface area contributed by atoms with Crippen molar-refractivity contribution in [1.82, 2.24) is 0 Å². The number of hydrogen-bond acceptors (Lipinski definition) is 1. The molecule has 1 heterocycles. The Morgan fingerprint density at radius 3 is 1.76 bits per heavy atom. The van der Waals surface area contributed by atoms with Crippen molar-refractivity contribution in [3.63, 3.8) is 0 Å². The molecule has 0 spiro atoms. The molecule has 126 valence electrons. The van der Waals surface area contributed by atoms with Gasteiger partial charge in [-0.1, -0.05) is 78.9 Å². The van der Waals surface area contributed by atoms with Crippen LogP contribution in [0.3, 0.4) is 0 Å². The van der Waals surface area contributed by atoms with Gasteiger partial charge in [0.25, 0.3) is 0 Å². The number of para-hydroxylation sites is 1. The van der Waals surface area contributed by atoms with Gasteiger partial charge in [0.2, 0.25) is 0 Å². The van der Waals surface area contributed by atoms with Gasteiger partial charge in [-0.05, 0) is 42.5 Å². The van der Waals surface area contributed by atoms with Crippen molar-refractivity contribution in [1.29, 1.82) is 0 Å². The molecule has 0 N–H and O–H groups in total. The molecule has 0 radical (unpaired) electrons. The molecule has 3 aromatic carbocycles. The molecule has 0 aliphatic carbocycles. The van der Waals surface area contributed by atoms with Crippen molar-refractivity contribution in [2.75, 3.05) is 11.9 Å². The number of benzene rings is 3. The lowest BCUT2D eigenvalue weighted by Gasteiger charge is -2.37. The standard InChI is InChI=1S/C24H25N/c1-19-24(17-20-11-5-3-6-12-20,18-21-13-7-4-8-14-21)22-15-9-10-16-23(22)25(19)2/h3-16,19H,17-18H2,1-2H3. The maximum Gasteiger partial charge on any atom is 0.0405 e. The molecule has 0 saturated carbocycles. The fraction of sp³-hybridized carbons (Fsp3) is 0.250. The maximum absolute atomic E-state index is 2.46. The minimum atomic E-state index is 0.0913. The quantitative estimate of drug-likeness (QED) is 0.633. The molecular formula is C24H25N. The number of anilines is 1. The second-order valence-electron chi connectivity index (χ2n) is 7.28. The molecule has 1 nitrogen and oxygen atoms in total. The van der Waals surface area contributed by atoms with Crippen molar-refractivity contribution in [2.24, 2.45) is 0 Å². The summed E-state index contributed by atoms with van der Waals surface area (Å²) in [5.74, 6) is 0. The topological polar surface area (TPSA) is 3.24 Å². The molecule has 0 aromatic heterocycles. The molecule has 4 rings (SSSR count). The zero-order chi connectivity index (χ0) is 17.3. The first-order valence-corrected chi connectivity index (χ1v) is 9.11. The van der Waals surface area contributed by atoms with Crippen LogP contribution >= 0.6 is 0 Å². The first-order chi connectivity index (χ1) is 12.2. The zero-order valence-corrected chi connectivity index (χ0v) is 15.0. The van der Waals surface area contributed by atoms with Gasteiger partial charge in [0, 0.05) is 24.2 Å². The van der Waals surface area contributed by atoms with E-state index >= 15 is 0 Å². The Hall–Kier alpha value is -2.54. The lowest BCUT2D eigenvalue weighted by atomic mass is 9.69. The van der Waals surface area contributed by atoms with E-state index < -0.39 is 0 Å². The van der Waals surface area contributed by atoms with Gasteiger partial charge in [-0.25, -0.2) is 0 Å². The number of nitrogens with zero attached hydrogens (tertiary/aromatic N) is 1. The normalized spacial score (nSPS) is 18.2. The van der Waals surface area contributed by atoms with E-state index in [0.29, 0.717) is 6.04 Å². The molecule has 0 bridgehead atoms. The Morgan fingerprint density at radius 2 is 1.20 bits per heavy atom. The van der Waals surface area contributed by atoms with Crippen LogP contribution in [-0.2, 0) is 18.3 Å². The zero-order valence-electron chi connectivity index (χ0n) is 15.0. The summed E-state index contributed by atoms with van der Waals surface area (Å²) >= 11 is 0. The Bertz CT molecular complexity index is 797. The van der Waals surface area contributed by atoms with Gasteiger partial charge in [-0.2, -0.15) is 0 Å². The van der Waals surface area contributed by atoms with Crippen LogP contribution in [0.25, 0.3) is 0 Å². The van der Waals surface area contributed by atoms with Crippen molar-refractivity contribution in [3.05, 3.63) is 102 Å². The Balaban J connectivity index is 1.84. The molecule has 1 aliphatic rings. The Morgan fingerprint density at radius 1 is 0.720 bits per heavy atom. The van der Waals surface area contributed by atoms with Gasteiger partial charge < -0.3 is 4.90 Å². The molecule has 25 heavy (non-hydrogen) atoms. The average Bonchev–Trinajstić information content (AvgIpc) is 2.86. The van der Waals surface area contributed by atoms with Gasteiger partial charge in [-0.3, -0.25) is 0 Å². The van der Waals surface area contributed by atoms with Crippen LogP contribution < -0.4 is 4.90 Å². The summed E-state index contributed by atoms with van der Waals surface area (Å²) in [7, 11) is 2.24. The monoisotopic (exact) mass is 327 g/mol. The van der Waals surface area contributed by atoms with Gasteiger partial charge in [0.15, 0.2) is 0 Å². The lowest BCUT2D eigenvalue weighted by Crippen LogP contribution is -2.44. The number of rotatable bonds is 4. The molecular weight excluding hydrogens is 302 g/mol. The van der Waals surface area contributed by atoms with E-state index in [9.17, 15) is 0 Å². The highest BCUT2D eigenvalue weighted by atomic mass is 15.2. The smallest absolute Gasteiger partial charge is 0.0405 e. The SMILES string of the molecule is CC1N(C)c2ccccc2C1(Cc1ccccc1)Cc1ccccc1. The predicted octanol–water partition coefficient (Wildman–Crippen LogP) is 5.25. The molecule has 3 aromatic rings. The van der Waals surface area contributed by atoms with Gasteiger partial charge in [0.1, 0.15) is 0 Å². The third-order valence-corrected chi connectivity index (χ3v) is 5.93. The first kappa shape index (κ1) is 16.0. The van der Waals surface area contributed by atoms with Crippen LogP contribution in [0.4, 0.5) is 5.69 Å². The fourth-order valence-electron chi connectivity index (χ4n) is 4.48. The summed E-state index contributed by atoms with van der Waals surface area (Å²) in [4.78, 5) is 2.46. The second kappa shape index (κ2) is 6.40. The first-order valence-electron chi connectivity index (χ1n) is 9.11. The largest absolute Gasteiger partial charge is 0.371 e. The summed E-state index contributed by atoms with van der Waals surface area (Å²) in [6.45, 7) is 2.38. The highest BCUT2D eigenvalue weighted by molar-refractivity contribution is 5.64. The van der Waals surface area contributed by atoms with Crippen LogP contribution in [0.2, 0.25) is 0 Å². The lowest BCUT2D eigenvalue weighted by molar-refractivity contribution is 0.370. The summed E-state index contributed by atoms with van der Waals surface area (Å²) in [6.07, 6.45) is 2.12. The minimum absolute atomic E-state index is 0.0913. The fourth-order valence-corrected chi connectivity index (χ4v) is 4.48. The highest BCUT2D eigenvalue weighted by Gasteiger charge is 2.47. The Kier molecular flexibility index (Phi) is 4.09. The highest BCUT2D eigenvalue weighted by Crippen LogP contribution is 2.48. The third kappa shape index (κ3) is 2.74. The molecule has 0 amide bonds. The molecule has 1 unspecified atom stereocenters. The van der Waals surface area contributed by atoms with E-state index in [1.165, 1.54) is 22.4 Å². The molecule has 0 saturated heterocycles. The summed E-state index contributed by atoms with van der Waals surface area (Å²) < 4.78 is 0. The van der Waals surface area contributed by atoms with Gasteiger partial charge in [-0.15, -0.1) is 0 Å². The number of likely N-dealkylation sites (N-methyl/N-ethyl adjacent to an activating group) is 1. The summed E-state index contributed by atoms with van der Waals surface area (Å²) in [5.41, 5.74) is 5.78. The van der Waals surface area contributed by atoms with Crippen LogP contribution in [0.15, 0.2) is 84.9 Å². The predicted molar refractivity (Wildman–Crippen MR) is 106 cm³/mol. The molecule has 0 fully saturated rings. The van der Waals surface area contributed by atoms with E-state index in [4.69, 9.17) is 0 Å². The summed E-state index contributed by atoms with van der Waals surface area (Å²) in [5, 5.41) is 0. The van der Waals surface area contributed by atoms with Crippen molar-refractivity contribution in [3.8, 4) is 0 Å². The average molecular weight is 327 g/mol. The summed E-state index contributed by atoms with van der Waals surface area (Å²) in [6, 6.07) is 31.3. The van der Waals surface area contributed by atoms with Crippen molar-refractivity contribution >= 4 is 5.69 Å². The van der Waals surface area contributed by atoms with Crippen molar-refractivity contribution < 1.29 is 0 Å². The van der Waals surface area contributed by atoms with Crippen molar-refractivity contribution in [2.45, 2.75) is 31.2 Å². The third-order valence-electron chi connectivity index (χ3n) is 5.93. The van der Waals surface area contributed by atoms with Crippen LogP contribution in [0.1, 0.15) is 23.6 Å².